The molecule has 9 heteroatoms. The van der Waals surface area contributed by atoms with E-state index in [9.17, 15) is 14.7 Å². The van der Waals surface area contributed by atoms with Crippen molar-refractivity contribution in [3.63, 3.8) is 0 Å². The van der Waals surface area contributed by atoms with Gasteiger partial charge in [-0.3, -0.25) is 14.5 Å². The number of hydrogen-bond acceptors (Lipinski definition) is 6. The van der Waals surface area contributed by atoms with Crippen molar-refractivity contribution in [3.05, 3.63) is 59.5 Å². The number of amides is 1. The minimum atomic E-state index is -0.636. The normalized spacial score (nSPS) is 27.6. The number of piperidine rings is 1. The second kappa shape index (κ2) is 10.0. The van der Waals surface area contributed by atoms with Gasteiger partial charge in [0.1, 0.15) is 5.75 Å². The average Bonchev–Trinajstić information content (AvgIpc) is 3.23. The number of aliphatic carboxylic acids is 1. The third-order valence-electron chi connectivity index (χ3n) is 8.72. The quantitative estimate of drug-likeness (QED) is 0.471. The molecule has 3 aliphatic rings. The lowest BCUT2D eigenvalue weighted by Gasteiger charge is -2.35. The molecule has 0 spiro atoms. The first-order valence-electron chi connectivity index (χ1n) is 13.7. The monoisotopic (exact) mass is 517 g/mol. The standard InChI is InChI=1S/C29H35N5O4/c1-17-12-22(38-16-18(2)19-6-4-3-5-7-19)13-34-27(17)31-26(32-34)28(35)30-20-8-10-21(11-9-20)33-14-23-24(15-33)25(23)29(36)37/h3-7,12-13,18,20-21,23-25H,8-11,14-16H2,1-2H3,(H,30,35)(H,36,37)/t18-,20?,21?,23?,24?,25?/m0/s1. The smallest absolute Gasteiger partial charge is 0.307 e. The number of carbonyl (C=O) groups is 2. The fraction of sp³-hybridized carbons (Fsp3) is 0.517. The Balaban J connectivity index is 1.02. The number of nitrogens with zero attached hydrogens (tertiary/aromatic N) is 4. The van der Waals surface area contributed by atoms with E-state index in [-0.39, 0.29) is 29.6 Å². The molecule has 9 nitrogen and oxygen atoms in total. The molecule has 1 saturated heterocycles. The molecule has 3 aromatic rings. The van der Waals surface area contributed by atoms with E-state index in [0.29, 0.717) is 35.9 Å². The number of aromatic nitrogens is 3. The molecule has 1 aromatic carbocycles. The minimum absolute atomic E-state index is 0.105. The molecule has 3 atom stereocenters. The molecule has 38 heavy (non-hydrogen) atoms. The fourth-order valence-electron chi connectivity index (χ4n) is 6.45. The van der Waals surface area contributed by atoms with Gasteiger partial charge in [-0.15, -0.1) is 5.10 Å². The highest BCUT2D eigenvalue weighted by Gasteiger charge is 2.60. The van der Waals surface area contributed by atoms with Crippen LogP contribution in [0.15, 0.2) is 42.6 Å². The number of nitrogens with one attached hydrogen (secondary N) is 1. The maximum Gasteiger partial charge on any atom is 0.307 e. The second-order valence-corrected chi connectivity index (χ2v) is 11.3. The highest BCUT2D eigenvalue weighted by molar-refractivity contribution is 5.91. The van der Waals surface area contributed by atoms with E-state index in [1.807, 2.05) is 31.2 Å². The van der Waals surface area contributed by atoms with Gasteiger partial charge in [-0.2, -0.15) is 0 Å². The van der Waals surface area contributed by atoms with Gasteiger partial charge in [0.05, 0.1) is 18.7 Å². The lowest BCUT2D eigenvalue weighted by molar-refractivity contribution is -0.139. The summed E-state index contributed by atoms with van der Waals surface area (Å²) in [7, 11) is 0. The molecule has 2 saturated carbocycles. The second-order valence-electron chi connectivity index (χ2n) is 11.3. The maximum absolute atomic E-state index is 13.0. The van der Waals surface area contributed by atoms with E-state index < -0.39 is 5.97 Å². The molecule has 2 unspecified atom stereocenters. The number of rotatable bonds is 8. The molecule has 2 aliphatic carbocycles. The number of hydrogen-bond donors (Lipinski definition) is 2. The summed E-state index contributed by atoms with van der Waals surface area (Å²) < 4.78 is 7.69. The van der Waals surface area contributed by atoms with E-state index in [1.54, 1.807) is 10.7 Å². The van der Waals surface area contributed by atoms with E-state index in [1.165, 1.54) is 5.56 Å². The Morgan fingerprint density at radius 2 is 1.84 bits per heavy atom. The van der Waals surface area contributed by atoms with Crippen LogP contribution >= 0.6 is 0 Å². The van der Waals surface area contributed by atoms with Gasteiger partial charge >= 0.3 is 5.97 Å². The molecule has 0 bridgehead atoms. The van der Waals surface area contributed by atoms with E-state index in [2.05, 4.69) is 39.4 Å². The number of likely N-dealkylation sites (tertiary alicyclic amines) is 1. The number of pyridine rings is 1. The topological polar surface area (TPSA) is 109 Å². The van der Waals surface area contributed by atoms with Gasteiger partial charge in [0.2, 0.25) is 5.82 Å². The van der Waals surface area contributed by atoms with E-state index in [4.69, 9.17) is 4.74 Å². The van der Waals surface area contributed by atoms with Crippen molar-refractivity contribution in [2.75, 3.05) is 19.7 Å². The molecule has 3 heterocycles. The summed E-state index contributed by atoms with van der Waals surface area (Å²) in [5.74, 6) is 0.791. The SMILES string of the molecule is Cc1cc(OC[C@H](C)c2ccccc2)cn2nc(C(=O)NC3CCC(N4CC5C(C4)C5C(=O)O)CC3)nc12. The van der Waals surface area contributed by atoms with Gasteiger partial charge in [-0.05, 0) is 61.6 Å². The summed E-state index contributed by atoms with van der Waals surface area (Å²) in [6, 6.07) is 12.8. The largest absolute Gasteiger partial charge is 0.491 e. The Hall–Kier alpha value is -3.46. The van der Waals surface area contributed by atoms with Crippen LogP contribution in [-0.2, 0) is 4.79 Å². The first-order chi connectivity index (χ1) is 18.4. The Bertz CT molecular complexity index is 1320. The predicted molar refractivity (Wildman–Crippen MR) is 141 cm³/mol. The number of ether oxygens (including phenoxy) is 1. The van der Waals surface area contributed by atoms with Crippen molar-refractivity contribution in [3.8, 4) is 5.75 Å². The van der Waals surface area contributed by atoms with Crippen molar-refractivity contribution in [1.82, 2.24) is 24.8 Å². The van der Waals surface area contributed by atoms with Crippen molar-refractivity contribution < 1.29 is 19.4 Å². The van der Waals surface area contributed by atoms with Crippen molar-refractivity contribution in [2.24, 2.45) is 17.8 Å². The fourth-order valence-corrected chi connectivity index (χ4v) is 6.45. The molecule has 6 rings (SSSR count). The summed E-state index contributed by atoms with van der Waals surface area (Å²) in [5.41, 5.74) is 2.77. The Labute approximate surface area is 222 Å². The highest BCUT2D eigenvalue weighted by atomic mass is 16.5. The number of aryl methyl sites for hydroxylation is 1. The number of carbonyl (C=O) groups excluding carboxylic acids is 1. The Morgan fingerprint density at radius 1 is 1.13 bits per heavy atom. The van der Waals surface area contributed by atoms with Crippen LogP contribution < -0.4 is 10.1 Å². The van der Waals surface area contributed by atoms with Gasteiger partial charge in [0.25, 0.3) is 5.91 Å². The molecule has 2 N–H and O–H groups in total. The first kappa shape index (κ1) is 24.9. The molecule has 0 radical (unpaired) electrons. The zero-order valence-corrected chi connectivity index (χ0v) is 21.9. The van der Waals surface area contributed by atoms with Gasteiger partial charge in [-0.25, -0.2) is 9.50 Å². The van der Waals surface area contributed by atoms with Crippen LogP contribution in [0.4, 0.5) is 0 Å². The van der Waals surface area contributed by atoms with Crippen molar-refractivity contribution in [1.29, 1.82) is 0 Å². The summed E-state index contributed by atoms with van der Waals surface area (Å²) in [5, 5.41) is 16.8. The molecule has 1 amide bonds. The highest BCUT2D eigenvalue weighted by Crippen LogP contribution is 2.52. The van der Waals surface area contributed by atoms with Crippen LogP contribution in [0.25, 0.3) is 5.65 Å². The van der Waals surface area contributed by atoms with Gasteiger partial charge in [-0.1, -0.05) is 37.3 Å². The summed E-state index contributed by atoms with van der Waals surface area (Å²) in [6.07, 6.45) is 5.64. The number of carboxylic acid groups (broad SMARTS) is 1. The van der Waals surface area contributed by atoms with Gasteiger partial charge in [0, 0.05) is 31.1 Å². The van der Waals surface area contributed by atoms with Crippen LogP contribution in [0.2, 0.25) is 0 Å². The lowest BCUT2D eigenvalue weighted by atomic mass is 9.90. The third-order valence-corrected chi connectivity index (χ3v) is 8.72. The summed E-state index contributed by atoms with van der Waals surface area (Å²) in [6.45, 7) is 6.43. The van der Waals surface area contributed by atoms with E-state index >= 15 is 0 Å². The predicted octanol–water partition coefficient (Wildman–Crippen LogP) is 3.52. The van der Waals surface area contributed by atoms with Crippen LogP contribution in [0, 0.1) is 24.7 Å². The molecule has 3 fully saturated rings. The van der Waals surface area contributed by atoms with Crippen molar-refractivity contribution in [2.45, 2.75) is 57.5 Å². The minimum Gasteiger partial charge on any atom is -0.491 e. The number of carboxylic acids is 1. The molecule has 200 valence electrons. The Kier molecular flexibility index (Phi) is 6.55. The summed E-state index contributed by atoms with van der Waals surface area (Å²) in [4.78, 5) is 31.2. The Morgan fingerprint density at radius 3 is 2.53 bits per heavy atom. The van der Waals surface area contributed by atoms with Crippen LogP contribution in [-0.4, -0.2) is 68.3 Å². The number of fused-ring (bicyclic) bond motifs is 2. The summed E-state index contributed by atoms with van der Waals surface area (Å²) >= 11 is 0. The average molecular weight is 518 g/mol. The molecular weight excluding hydrogens is 482 g/mol. The third kappa shape index (κ3) is 4.87. The molecular formula is C29H35N5O4. The first-order valence-corrected chi connectivity index (χ1v) is 13.7. The zero-order chi connectivity index (χ0) is 26.4. The molecule has 2 aromatic heterocycles. The maximum atomic E-state index is 13.0. The van der Waals surface area contributed by atoms with Crippen LogP contribution in [0.3, 0.4) is 0 Å². The van der Waals surface area contributed by atoms with Crippen molar-refractivity contribution >= 4 is 17.5 Å². The molecule has 1 aliphatic heterocycles. The van der Waals surface area contributed by atoms with E-state index in [0.717, 1.165) is 44.3 Å². The number of benzene rings is 1. The van der Waals surface area contributed by atoms with Gasteiger partial charge in [0.15, 0.2) is 5.65 Å². The van der Waals surface area contributed by atoms with Gasteiger partial charge < -0.3 is 15.2 Å². The van der Waals surface area contributed by atoms with Crippen LogP contribution in [0.1, 0.15) is 60.3 Å². The zero-order valence-electron chi connectivity index (χ0n) is 21.9. The lowest BCUT2D eigenvalue weighted by Crippen LogP contribution is -2.44. The van der Waals surface area contributed by atoms with Crippen LogP contribution in [0.5, 0.6) is 5.75 Å².